The SMILES string of the molecule is C[C@H]1O[C@@H](n2c(NC3CC(C)(O)C3)nc3c(OCc4ccc(C#N)cc4)ncnc32)[C@H](O)[C@@H]1O. The van der Waals surface area contributed by atoms with Gasteiger partial charge in [-0.2, -0.15) is 10.2 Å². The van der Waals surface area contributed by atoms with Crippen molar-refractivity contribution in [1.29, 1.82) is 5.26 Å². The summed E-state index contributed by atoms with van der Waals surface area (Å²) in [5.41, 5.74) is 1.42. The fourth-order valence-electron chi connectivity index (χ4n) is 4.49. The number of fused-ring (bicyclic) bond motifs is 1. The molecule has 1 saturated heterocycles. The predicted octanol–water partition coefficient (Wildman–Crippen LogP) is 1.24. The van der Waals surface area contributed by atoms with Crippen molar-refractivity contribution in [2.75, 3.05) is 5.32 Å². The van der Waals surface area contributed by atoms with Gasteiger partial charge in [0.25, 0.3) is 0 Å². The van der Waals surface area contributed by atoms with Gasteiger partial charge in [0.05, 0.1) is 23.3 Å². The van der Waals surface area contributed by atoms with E-state index in [-0.39, 0.29) is 18.5 Å². The predicted molar refractivity (Wildman–Crippen MR) is 120 cm³/mol. The normalized spacial score (nSPS) is 30.6. The van der Waals surface area contributed by atoms with E-state index in [0.717, 1.165) is 5.56 Å². The van der Waals surface area contributed by atoms with Crippen LogP contribution in [-0.2, 0) is 11.3 Å². The molecule has 5 rings (SSSR count). The lowest BCUT2D eigenvalue weighted by atomic mass is 9.77. The number of aromatic nitrogens is 4. The van der Waals surface area contributed by atoms with Crippen molar-refractivity contribution in [3.63, 3.8) is 0 Å². The van der Waals surface area contributed by atoms with Crippen molar-refractivity contribution in [3.05, 3.63) is 41.7 Å². The van der Waals surface area contributed by atoms with Crippen LogP contribution in [0.15, 0.2) is 30.6 Å². The zero-order valence-corrected chi connectivity index (χ0v) is 18.8. The minimum Gasteiger partial charge on any atom is -0.471 e. The van der Waals surface area contributed by atoms with E-state index in [0.29, 0.717) is 35.5 Å². The Morgan fingerprint density at radius 1 is 1.24 bits per heavy atom. The first-order valence-corrected chi connectivity index (χ1v) is 11.1. The molecule has 34 heavy (non-hydrogen) atoms. The van der Waals surface area contributed by atoms with Gasteiger partial charge in [0.15, 0.2) is 17.4 Å². The van der Waals surface area contributed by atoms with E-state index in [1.165, 1.54) is 6.33 Å². The number of hydrogen-bond donors (Lipinski definition) is 4. The summed E-state index contributed by atoms with van der Waals surface area (Å²) in [7, 11) is 0. The van der Waals surface area contributed by atoms with Crippen molar-refractivity contribution < 1.29 is 24.8 Å². The Bertz CT molecular complexity index is 1230. The number of nitrogens with zero attached hydrogens (tertiary/aromatic N) is 5. The Balaban J connectivity index is 1.48. The number of hydrogen-bond acceptors (Lipinski definition) is 10. The molecule has 1 aromatic carbocycles. The third-order valence-electron chi connectivity index (χ3n) is 6.34. The molecule has 2 aromatic heterocycles. The first-order chi connectivity index (χ1) is 16.3. The van der Waals surface area contributed by atoms with Crippen LogP contribution >= 0.6 is 0 Å². The number of nitrogens with one attached hydrogen (secondary N) is 1. The third kappa shape index (κ3) is 4.05. The topological polar surface area (TPSA) is 159 Å². The fraction of sp³-hybridized carbons (Fsp3) is 0.478. The average Bonchev–Trinajstić information content (AvgIpc) is 3.28. The number of imidazole rings is 1. The van der Waals surface area contributed by atoms with Crippen molar-refractivity contribution in [1.82, 2.24) is 19.5 Å². The lowest BCUT2D eigenvalue weighted by Gasteiger charge is -2.41. The average molecular weight is 466 g/mol. The minimum absolute atomic E-state index is 0.0255. The molecule has 11 heteroatoms. The summed E-state index contributed by atoms with van der Waals surface area (Å²) in [5, 5.41) is 43.3. The summed E-state index contributed by atoms with van der Waals surface area (Å²) in [5.74, 6) is 0.627. The molecule has 0 radical (unpaired) electrons. The van der Waals surface area contributed by atoms with Gasteiger partial charge in [0.1, 0.15) is 25.1 Å². The summed E-state index contributed by atoms with van der Waals surface area (Å²) in [6.45, 7) is 3.66. The maximum Gasteiger partial charge on any atom is 0.245 e. The molecule has 11 nitrogen and oxygen atoms in total. The second kappa shape index (κ2) is 8.48. The van der Waals surface area contributed by atoms with Crippen LogP contribution in [0.25, 0.3) is 11.2 Å². The molecule has 1 aliphatic heterocycles. The Labute approximate surface area is 195 Å². The standard InChI is InChI=1S/C23H26N6O5/c1-12-17(30)18(31)21(34-12)29-19-16(28-22(29)27-15-7-23(2,32)8-15)20(26-11-25-19)33-10-14-5-3-13(9-24)4-6-14/h3-6,11-12,15,17-18,21,30-32H,7-8,10H2,1-2H3,(H,27,28)/t12-,15?,17-,18-,21-,23?/m1/s1. The largest absolute Gasteiger partial charge is 0.471 e. The molecule has 4 atom stereocenters. The van der Waals surface area contributed by atoms with Crippen LogP contribution in [0.3, 0.4) is 0 Å². The molecule has 0 amide bonds. The Morgan fingerprint density at radius 3 is 2.59 bits per heavy atom. The highest BCUT2D eigenvalue weighted by Gasteiger charge is 2.44. The molecule has 1 saturated carbocycles. The van der Waals surface area contributed by atoms with Crippen LogP contribution in [0.1, 0.15) is 44.0 Å². The highest BCUT2D eigenvalue weighted by atomic mass is 16.6. The van der Waals surface area contributed by atoms with Gasteiger partial charge in [-0.15, -0.1) is 0 Å². The van der Waals surface area contributed by atoms with Crippen LogP contribution in [0.2, 0.25) is 0 Å². The lowest BCUT2D eigenvalue weighted by Crippen LogP contribution is -2.48. The Hall–Kier alpha value is -3.30. The molecule has 1 aliphatic carbocycles. The molecule has 178 valence electrons. The van der Waals surface area contributed by atoms with E-state index in [1.807, 2.05) is 0 Å². The third-order valence-corrected chi connectivity index (χ3v) is 6.34. The monoisotopic (exact) mass is 466 g/mol. The zero-order chi connectivity index (χ0) is 24.0. The van der Waals surface area contributed by atoms with E-state index in [1.54, 1.807) is 42.7 Å². The Kier molecular flexibility index (Phi) is 5.61. The van der Waals surface area contributed by atoms with E-state index >= 15 is 0 Å². The van der Waals surface area contributed by atoms with E-state index in [2.05, 4.69) is 26.3 Å². The molecule has 4 N–H and O–H groups in total. The number of benzene rings is 1. The van der Waals surface area contributed by atoms with Gasteiger partial charge in [0, 0.05) is 6.04 Å². The summed E-state index contributed by atoms with van der Waals surface area (Å²) in [4.78, 5) is 13.3. The number of rotatable bonds is 6. The fourth-order valence-corrected chi connectivity index (χ4v) is 4.49. The summed E-state index contributed by atoms with van der Waals surface area (Å²) < 4.78 is 13.4. The first kappa shape index (κ1) is 22.5. The second-order valence-electron chi connectivity index (χ2n) is 9.21. The molecular weight excluding hydrogens is 440 g/mol. The highest BCUT2D eigenvalue weighted by molar-refractivity contribution is 5.79. The molecule has 0 unspecified atom stereocenters. The van der Waals surface area contributed by atoms with Gasteiger partial charge in [-0.3, -0.25) is 4.57 Å². The van der Waals surface area contributed by atoms with E-state index in [9.17, 15) is 15.3 Å². The maximum absolute atomic E-state index is 10.6. The van der Waals surface area contributed by atoms with Crippen LogP contribution in [0.4, 0.5) is 5.95 Å². The van der Waals surface area contributed by atoms with Crippen molar-refractivity contribution in [2.24, 2.45) is 0 Å². The quantitative estimate of drug-likeness (QED) is 0.416. The van der Waals surface area contributed by atoms with Crippen LogP contribution in [0.5, 0.6) is 5.88 Å². The molecule has 0 bridgehead atoms. The first-order valence-electron chi connectivity index (χ1n) is 11.1. The molecule has 2 fully saturated rings. The van der Waals surface area contributed by atoms with Gasteiger partial charge >= 0.3 is 0 Å². The minimum atomic E-state index is -1.18. The number of ether oxygens (including phenoxy) is 2. The van der Waals surface area contributed by atoms with Gasteiger partial charge in [-0.05, 0) is 44.4 Å². The molecule has 2 aliphatic rings. The van der Waals surface area contributed by atoms with Gasteiger partial charge in [-0.1, -0.05) is 12.1 Å². The van der Waals surface area contributed by atoms with Crippen LogP contribution < -0.4 is 10.1 Å². The smallest absolute Gasteiger partial charge is 0.245 e. The maximum atomic E-state index is 10.6. The van der Waals surface area contributed by atoms with Crippen molar-refractivity contribution in [2.45, 2.75) is 69.5 Å². The molecule has 0 spiro atoms. The highest BCUT2D eigenvalue weighted by Crippen LogP contribution is 2.38. The zero-order valence-electron chi connectivity index (χ0n) is 18.8. The van der Waals surface area contributed by atoms with Crippen molar-refractivity contribution in [3.8, 4) is 11.9 Å². The number of anilines is 1. The Morgan fingerprint density at radius 2 is 1.97 bits per heavy atom. The lowest BCUT2D eigenvalue weighted by molar-refractivity contribution is -0.0315. The van der Waals surface area contributed by atoms with Crippen LogP contribution in [-0.4, -0.2) is 64.8 Å². The van der Waals surface area contributed by atoms with E-state index < -0.39 is 30.1 Å². The summed E-state index contributed by atoms with van der Waals surface area (Å²) in [6, 6.07) is 9.08. The van der Waals surface area contributed by atoms with Gasteiger partial charge in [-0.25, -0.2) is 9.97 Å². The van der Waals surface area contributed by atoms with Gasteiger partial charge < -0.3 is 30.1 Å². The van der Waals surface area contributed by atoms with Gasteiger partial charge in [0.2, 0.25) is 11.8 Å². The number of aliphatic hydroxyl groups is 3. The van der Waals surface area contributed by atoms with Crippen LogP contribution in [0, 0.1) is 11.3 Å². The van der Waals surface area contributed by atoms with Crippen molar-refractivity contribution >= 4 is 17.1 Å². The molecular formula is C23H26N6O5. The molecule has 3 aromatic rings. The summed E-state index contributed by atoms with van der Waals surface area (Å²) >= 11 is 0. The summed E-state index contributed by atoms with van der Waals surface area (Å²) in [6.07, 6.45) is -1.32. The number of aliphatic hydroxyl groups excluding tert-OH is 2. The number of nitriles is 1. The second-order valence-corrected chi connectivity index (χ2v) is 9.21. The van der Waals surface area contributed by atoms with E-state index in [4.69, 9.17) is 14.7 Å². The molecule has 3 heterocycles.